The number of fused-ring (bicyclic) bond motifs is 1. The highest BCUT2D eigenvalue weighted by Gasteiger charge is 2.36. The zero-order valence-electron chi connectivity index (χ0n) is 17.3. The van der Waals surface area contributed by atoms with E-state index in [0.717, 1.165) is 35.5 Å². The van der Waals surface area contributed by atoms with Crippen LogP contribution < -0.4 is 10.6 Å². The zero-order chi connectivity index (χ0) is 21.1. The van der Waals surface area contributed by atoms with Gasteiger partial charge in [-0.15, -0.1) is 5.10 Å². The monoisotopic (exact) mass is 423 g/mol. The standard InChI is InChI=1S/C22H25N5O2S/c1-4-5-12-30-22-25-21-23-15(3)18(19(27(21)26-22)17-10-7-11-29-17)20(28)24-16-9-6-8-14(2)13-16/h6-11,13,19H,4-5,12H2,1-3H3,(H,24,28)(H,23,25,26). The summed E-state index contributed by atoms with van der Waals surface area (Å²) >= 11 is 1.62. The number of nitrogens with zero attached hydrogens (tertiary/aromatic N) is 3. The molecule has 2 N–H and O–H groups in total. The van der Waals surface area contributed by atoms with Crippen molar-refractivity contribution in [3.63, 3.8) is 0 Å². The van der Waals surface area contributed by atoms with Gasteiger partial charge in [-0.2, -0.15) is 4.98 Å². The maximum Gasteiger partial charge on any atom is 0.256 e. The number of benzene rings is 1. The van der Waals surface area contributed by atoms with Gasteiger partial charge in [-0.05, 0) is 50.1 Å². The fourth-order valence-corrected chi connectivity index (χ4v) is 4.34. The van der Waals surface area contributed by atoms with E-state index in [1.807, 2.05) is 50.2 Å². The number of nitrogens with one attached hydrogen (secondary N) is 2. The number of hydrogen-bond acceptors (Lipinski definition) is 6. The molecule has 0 bridgehead atoms. The second-order valence-electron chi connectivity index (χ2n) is 7.27. The van der Waals surface area contributed by atoms with Gasteiger partial charge in [-0.1, -0.05) is 37.2 Å². The molecular weight excluding hydrogens is 398 g/mol. The second kappa shape index (κ2) is 8.79. The van der Waals surface area contributed by atoms with Gasteiger partial charge in [0.2, 0.25) is 11.1 Å². The van der Waals surface area contributed by atoms with E-state index in [1.165, 1.54) is 0 Å². The predicted octanol–water partition coefficient (Wildman–Crippen LogP) is 5.00. The van der Waals surface area contributed by atoms with Crippen molar-refractivity contribution in [2.75, 3.05) is 16.4 Å². The van der Waals surface area contributed by atoms with Gasteiger partial charge in [-0.3, -0.25) is 4.79 Å². The van der Waals surface area contributed by atoms with Crippen LogP contribution in [0.4, 0.5) is 11.6 Å². The van der Waals surface area contributed by atoms with E-state index >= 15 is 0 Å². The largest absolute Gasteiger partial charge is 0.467 e. The number of furan rings is 1. The number of amides is 1. The maximum absolute atomic E-state index is 13.3. The molecule has 7 nitrogen and oxygen atoms in total. The molecule has 0 fully saturated rings. The quantitative estimate of drug-likeness (QED) is 0.411. The number of carbonyl (C=O) groups excluding carboxylic acids is 1. The number of thioether (sulfide) groups is 1. The number of hydrogen-bond donors (Lipinski definition) is 2. The van der Waals surface area contributed by atoms with Crippen molar-refractivity contribution >= 4 is 29.3 Å². The van der Waals surface area contributed by atoms with Crippen molar-refractivity contribution in [3.8, 4) is 0 Å². The van der Waals surface area contributed by atoms with E-state index in [9.17, 15) is 4.79 Å². The molecule has 0 spiro atoms. The summed E-state index contributed by atoms with van der Waals surface area (Å²) in [7, 11) is 0. The Kier molecular flexibility index (Phi) is 5.94. The minimum Gasteiger partial charge on any atom is -0.467 e. The molecule has 156 valence electrons. The third-order valence-corrected chi connectivity index (χ3v) is 5.82. The predicted molar refractivity (Wildman–Crippen MR) is 119 cm³/mol. The van der Waals surface area contributed by atoms with Crippen LogP contribution in [0.3, 0.4) is 0 Å². The lowest BCUT2D eigenvalue weighted by molar-refractivity contribution is -0.113. The molecule has 1 atom stereocenters. The van der Waals surface area contributed by atoms with Crippen LogP contribution in [0.15, 0.2) is 63.5 Å². The molecule has 0 aliphatic carbocycles. The molecule has 4 rings (SSSR count). The number of anilines is 2. The molecule has 3 heterocycles. The molecular formula is C22H25N5O2S. The first-order valence-corrected chi connectivity index (χ1v) is 11.0. The minimum atomic E-state index is -0.492. The summed E-state index contributed by atoms with van der Waals surface area (Å²) in [6, 6.07) is 10.9. The van der Waals surface area contributed by atoms with Crippen molar-refractivity contribution in [1.82, 2.24) is 14.8 Å². The summed E-state index contributed by atoms with van der Waals surface area (Å²) in [6.07, 6.45) is 3.83. The van der Waals surface area contributed by atoms with E-state index in [1.54, 1.807) is 22.7 Å². The average molecular weight is 424 g/mol. The number of carbonyl (C=O) groups is 1. The number of aryl methyl sites for hydroxylation is 1. The molecule has 1 aliphatic rings. The third kappa shape index (κ3) is 4.14. The van der Waals surface area contributed by atoms with E-state index in [4.69, 9.17) is 4.42 Å². The van der Waals surface area contributed by atoms with Gasteiger partial charge in [0.1, 0.15) is 11.8 Å². The van der Waals surface area contributed by atoms with Crippen molar-refractivity contribution < 1.29 is 9.21 Å². The molecule has 1 unspecified atom stereocenters. The Bertz CT molecular complexity index is 1070. The number of unbranched alkanes of at least 4 members (excludes halogenated alkanes) is 1. The minimum absolute atomic E-state index is 0.201. The normalized spacial score (nSPS) is 15.6. The Morgan fingerprint density at radius 3 is 2.90 bits per heavy atom. The fraction of sp³-hybridized carbons (Fsp3) is 0.318. The van der Waals surface area contributed by atoms with Gasteiger partial charge >= 0.3 is 0 Å². The van der Waals surface area contributed by atoms with Crippen LogP contribution in [0.2, 0.25) is 0 Å². The first kappa shape index (κ1) is 20.3. The third-order valence-electron chi connectivity index (χ3n) is 4.90. The zero-order valence-corrected chi connectivity index (χ0v) is 18.1. The van der Waals surface area contributed by atoms with Gasteiger partial charge < -0.3 is 15.1 Å². The summed E-state index contributed by atoms with van der Waals surface area (Å²) in [4.78, 5) is 17.9. The molecule has 1 amide bonds. The van der Waals surface area contributed by atoms with Crippen LogP contribution in [0.5, 0.6) is 0 Å². The van der Waals surface area contributed by atoms with Crippen LogP contribution in [-0.2, 0) is 4.79 Å². The number of allylic oxidation sites excluding steroid dienone is 1. The van der Waals surface area contributed by atoms with Gasteiger partial charge in [0.05, 0.1) is 11.8 Å². The maximum atomic E-state index is 13.3. The van der Waals surface area contributed by atoms with Gasteiger partial charge in [-0.25, -0.2) is 4.68 Å². The second-order valence-corrected chi connectivity index (χ2v) is 8.33. The Labute approximate surface area is 180 Å². The summed E-state index contributed by atoms with van der Waals surface area (Å²) in [5.41, 5.74) is 3.11. The Morgan fingerprint density at radius 2 is 2.17 bits per heavy atom. The fourth-order valence-electron chi connectivity index (χ4n) is 3.43. The summed E-state index contributed by atoms with van der Waals surface area (Å²) in [5.74, 6) is 2.01. The van der Waals surface area contributed by atoms with Crippen LogP contribution in [-0.4, -0.2) is 26.4 Å². The summed E-state index contributed by atoms with van der Waals surface area (Å²) in [5, 5.41) is 11.6. The van der Waals surface area contributed by atoms with E-state index in [2.05, 4.69) is 27.6 Å². The van der Waals surface area contributed by atoms with E-state index in [0.29, 0.717) is 22.4 Å². The van der Waals surface area contributed by atoms with Gasteiger partial charge in [0.15, 0.2) is 0 Å². The topological polar surface area (TPSA) is 85.0 Å². The highest BCUT2D eigenvalue weighted by molar-refractivity contribution is 7.99. The molecule has 0 saturated carbocycles. The van der Waals surface area contributed by atoms with Crippen LogP contribution >= 0.6 is 11.8 Å². The van der Waals surface area contributed by atoms with Crippen LogP contribution in [0.25, 0.3) is 0 Å². The Morgan fingerprint density at radius 1 is 1.30 bits per heavy atom. The smallest absolute Gasteiger partial charge is 0.256 e. The van der Waals surface area contributed by atoms with Crippen LogP contribution in [0, 0.1) is 6.92 Å². The molecule has 3 aromatic rings. The molecule has 1 aromatic carbocycles. The molecule has 0 saturated heterocycles. The van der Waals surface area contributed by atoms with Gasteiger partial charge in [0.25, 0.3) is 5.91 Å². The van der Waals surface area contributed by atoms with Crippen molar-refractivity contribution in [1.29, 1.82) is 0 Å². The summed E-state index contributed by atoms with van der Waals surface area (Å²) < 4.78 is 7.44. The lowest BCUT2D eigenvalue weighted by atomic mass is 10.00. The molecule has 8 heteroatoms. The molecule has 1 aliphatic heterocycles. The van der Waals surface area contributed by atoms with E-state index in [-0.39, 0.29) is 5.91 Å². The molecule has 30 heavy (non-hydrogen) atoms. The van der Waals surface area contributed by atoms with Crippen molar-refractivity contribution in [2.24, 2.45) is 0 Å². The Hall–Kier alpha value is -3.00. The SMILES string of the molecule is CCCCSc1nc2n(n1)C(c1ccco1)C(C(=O)Nc1cccc(C)c1)=C(C)N2. The highest BCUT2D eigenvalue weighted by Crippen LogP contribution is 2.37. The Balaban J connectivity index is 1.68. The average Bonchev–Trinajstić information content (AvgIpc) is 3.36. The number of rotatable bonds is 7. The van der Waals surface area contributed by atoms with Crippen molar-refractivity contribution in [3.05, 3.63) is 65.3 Å². The molecule has 2 aromatic heterocycles. The van der Waals surface area contributed by atoms with E-state index < -0.39 is 6.04 Å². The first-order chi connectivity index (χ1) is 14.6. The highest BCUT2D eigenvalue weighted by atomic mass is 32.2. The van der Waals surface area contributed by atoms with Crippen LogP contribution in [0.1, 0.15) is 44.1 Å². The summed E-state index contributed by atoms with van der Waals surface area (Å²) in [6.45, 7) is 6.03. The number of aromatic nitrogens is 3. The first-order valence-electron chi connectivity index (χ1n) is 10.1. The van der Waals surface area contributed by atoms with Crippen molar-refractivity contribution in [2.45, 2.75) is 44.8 Å². The lowest BCUT2D eigenvalue weighted by Gasteiger charge is -2.27. The lowest BCUT2D eigenvalue weighted by Crippen LogP contribution is -2.31. The molecule has 0 radical (unpaired) electrons. The van der Waals surface area contributed by atoms with Gasteiger partial charge in [0, 0.05) is 17.1 Å².